The highest BCUT2D eigenvalue weighted by Crippen LogP contribution is 2.16. The second-order valence-corrected chi connectivity index (χ2v) is 3.86. The number of nitrogens with one attached hydrogen (secondary N) is 1. The number of phenols is 1. The number of hydrogen-bond acceptors (Lipinski definition) is 4. The van der Waals surface area contributed by atoms with Crippen molar-refractivity contribution in [1.82, 2.24) is 5.32 Å². The van der Waals surface area contributed by atoms with Gasteiger partial charge in [-0.1, -0.05) is 0 Å². The molecule has 4 N–H and O–H groups in total. The minimum atomic E-state index is -0.222. The van der Waals surface area contributed by atoms with Gasteiger partial charge < -0.3 is 20.9 Å². The van der Waals surface area contributed by atoms with E-state index in [0.717, 1.165) is 0 Å². The van der Waals surface area contributed by atoms with Crippen molar-refractivity contribution >= 4 is 5.91 Å². The summed E-state index contributed by atoms with van der Waals surface area (Å²) in [4.78, 5) is 11.8. The first-order valence-electron chi connectivity index (χ1n) is 5.38. The number of aryl methyl sites for hydroxylation is 1. The third-order valence-corrected chi connectivity index (χ3v) is 2.45. The minimum Gasteiger partial charge on any atom is -0.508 e. The number of carbonyl (C=O) groups is 1. The van der Waals surface area contributed by atoms with Crippen LogP contribution < -0.4 is 11.1 Å². The van der Waals surface area contributed by atoms with Gasteiger partial charge in [0.05, 0.1) is 12.6 Å². The summed E-state index contributed by atoms with van der Waals surface area (Å²) in [5.74, 6) is -0.0468. The predicted octanol–water partition coefficient (Wildman–Crippen LogP) is 0.404. The Morgan fingerprint density at radius 1 is 1.59 bits per heavy atom. The summed E-state index contributed by atoms with van der Waals surface area (Å²) in [6, 6.07) is 4.49. The van der Waals surface area contributed by atoms with Crippen LogP contribution in [0.25, 0.3) is 0 Å². The van der Waals surface area contributed by atoms with Crippen LogP contribution in [0.3, 0.4) is 0 Å². The zero-order valence-corrected chi connectivity index (χ0v) is 10.1. The van der Waals surface area contributed by atoms with Crippen LogP contribution >= 0.6 is 0 Å². The molecule has 5 heteroatoms. The first-order valence-corrected chi connectivity index (χ1v) is 5.38. The summed E-state index contributed by atoms with van der Waals surface area (Å²) >= 11 is 0. The van der Waals surface area contributed by atoms with E-state index in [1.165, 1.54) is 6.07 Å². The smallest absolute Gasteiger partial charge is 0.251 e. The van der Waals surface area contributed by atoms with Gasteiger partial charge >= 0.3 is 0 Å². The van der Waals surface area contributed by atoms with E-state index in [1.54, 1.807) is 26.2 Å². The monoisotopic (exact) mass is 238 g/mol. The second-order valence-electron chi connectivity index (χ2n) is 3.86. The molecule has 0 aliphatic heterocycles. The van der Waals surface area contributed by atoms with Gasteiger partial charge in [0.15, 0.2) is 0 Å². The second kappa shape index (κ2) is 6.22. The molecule has 1 atom stereocenters. The number of phenolic OH excluding ortho intramolecular Hbond substituents is 1. The third kappa shape index (κ3) is 3.72. The predicted molar refractivity (Wildman–Crippen MR) is 65.0 cm³/mol. The van der Waals surface area contributed by atoms with E-state index in [-0.39, 0.29) is 17.7 Å². The van der Waals surface area contributed by atoms with Gasteiger partial charge in [-0.15, -0.1) is 0 Å². The number of carbonyl (C=O) groups excluding carboxylic acids is 1. The number of rotatable bonds is 5. The molecule has 0 radical (unpaired) electrons. The topological polar surface area (TPSA) is 84.6 Å². The summed E-state index contributed by atoms with van der Waals surface area (Å²) in [7, 11) is 1.56. The van der Waals surface area contributed by atoms with Gasteiger partial charge in [-0.25, -0.2) is 0 Å². The molecule has 0 heterocycles. The van der Waals surface area contributed by atoms with Crippen LogP contribution in [0.4, 0.5) is 0 Å². The van der Waals surface area contributed by atoms with Crippen LogP contribution in [0.2, 0.25) is 0 Å². The van der Waals surface area contributed by atoms with Crippen LogP contribution in [-0.4, -0.2) is 37.3 Å². The number of methoxy groups -OCH3 is 1. The van der Waals surface area contributed by atoms with E-state index in [9.17, 15) is 9.90 Å². The molecule has 1 rings (SSSR count). The molecule has 0 fully saturated rings. The number of nitrogens with two attached hydrogens (primary N) is 1. The normalized spacial score (nSPS) is 12.2. The fourth-order valence-corrected chi connectivity index (χ4v) is 1.44. The molecule has 94 valence electrons. The number of benzene rings is 1. The molecule has 1 amide bonds. The van der Waals surface area contributed by atoms with Crippen molar-refractivity contribution in [3.05, 3.63) is 29.3 Å². The van der Waals surface area contributed by atoms with E-state index >= 15 is 0 Å². The SMILES string of the molecule is COCC(CN)NC(=O)c1ccc(O)c(C)c1. The molecule has 0 saturated heterocycles. The molecule has 1 aromatic carbocycles. The molecular weight excluding hydrogens is 220 g/mol. The summed E-state index contributed by atoms with van der Waals surface area (Å²) < 4.78 is 4.94. The fraction of sp³-hybridized carbons (Fsp3) is 0.417. The van der Waals surface area contributed by atoms with Gasteiger partial charge in [-0.3, -0.25) is 4.79 Å². The van der Waals surface area contributed by atoms with Crippen LogP contribution in [0, 0.1) is 6.92 Å². The summed E-state index contributed by atoms with van der Waals surface area (Å²) in [6.07, 6.45) is 0. The van der Waals surface area contributed by atoms with E-state index in [4.69, 9.17) is 10.5 Å². The Morgan fingerprint density at radius 2 is 2.29 bits per heavy atom. The van der Waals surface area contributed by atoms with E-state index in [2.05, 4.69) is 5.32 Å². The molecule has 0 aliphatic carbocycles. The van der Waals surface area contributed by atoms with Crippen molar-refractivity contribution in [1.29, 1.82) is 0 Å². The number of ether oxygens (including phenoxy) is 1. The highest BCUT2D eigenvalue weighted by atomic mass is 16.5. The summed E-state index contributed by atoms with van der Waals surface area (Å²) in [5.41, 5.74) is 6.66. The highest BCUT2D eigenvalue weighted by molar-refractivity contribution is 5.94. The zero-order valence-electron chi connectivity index (χ0n) is 10.1. The number of amides is 1. The highest BCUT2D eigenvalue weighted by Gasteiger charge is 2.12. The lowest BCUT2D eigenvalue weighted by Gasteiger charge is -2.16. The van der Waals surface area contributed by atoms with Crippen molar-refractivity contribution in [2.24, 2.45) is 5.73 Å². The average molecular weight is 238 g/mol. The Bertz CT molecular complexity index is 393. The molecule has 17 heavy (non-hydrogen) atoms. The Kier molecular flexibility index (Phi) is 4.93. The lowest BCUT2D eigenvalue weighted by Crippen LogP contribution is -2.43. The Hall–Kier alpha value is -1.59. The molecule has 0 bridgehead atoms. The van der Waals surface area contributed by atoms with E-state index < -0.39 is 0 Å². The lowest BCUT2D eigenvalue weighted by molar-refractivity contribution is 0.0900. The maximum Gasteiger partial charge on any atom is 0.251 e. The van der Waals surface area contributed by atoms with Crippen LogP contribution in [0.15, 0.2) is 18.2 Å². The van der Waals surface area contributed by atoms with Gasteiger partial charge in [0.1, 0.15) is 5.75 Å². The number of hydrogen-bond donors (Lipinski definition) is 3. The summed E-state index contributed by atoms with van der Waals surface area (Å²) in [5, 5.41) is 12.1. The van der Waals surface area contributed by atoms with Gasteiger partial charge in [0, 0.05) is 19.2 Å². The molecule has 0 saturated carbocycles. The molecule has 0 spiro atoms. The molecule has 0 aliphatic rings. The molecular formula is C12H18N2O3. The molecule has 1 aromatic rings. The summed E-state index contributed by atoms with van der Waals surface area (Å²) in [6.45, 7) is 2.43. The van der Waals surface area contributed by atoms with E-state index in [0.29, 0.717) is 24.3 Å². The van der Waals surface area contributed by atoms with Gasteiger partial charge in [0.2, 0.25) is 0 Å². The van der Waals surface area contributed by atoms with Crippen molar-refractivity contribution < 1.29 is 14.6 Å². The van der Waals surface area contributed by atoms with Gasteiger partial charge in [0.25, 0.3) is 5.91 Å². The molecule has 1 unspecified atom stereocenters. The van der Waals surface area contributed by atoms with Crippen LogP contribution in [0.1, 0.15) is 15.9 Å². The lowest BCUT2D eigenvalue weighted by atomic mass is 10.1. The Labute approximate surface area is 101 Å². The van der Waals surface area contributed by atoms with Crippen LogP contribution in [-0.2, 0) is 4.74 Å². The zero-order chi connectivity index (χ0) is 12.8. The van der Waals surface area contributed by atoms with Crippen LogP contribution in [0.5, 0.6) is 5.75 Å². The number of aromatic hydroxyl groups is 1. The van der Waals surface area contributed by atoms with Crippen molar-refractivity contribution in [2.75, 3.05) is 20.3 Å². The fourth-order valence-electron chi connectivity index (χ4n) is 1.44. The molecule has 0 aromatic heterocycles. The Balaban J connectivity index is 2.72. The van der Waals surface area contributed by atoms with Gasteiger partial charge in [-0.05, 0) is 30.7 Å². The van der Waals surface area contributed by atoms with Gasteiger partial charge in [-0.2, -0.15) is 0 Å². The van der Waals surface area contributed by atoms with Crippen molar-refractivity contribution in [3.8, 4) is 5.75 Å². The average Bonchev–Trinajstić information content (AvgIpc) is 2.31. The largest absolute Gasteiger partial charge is 0.508 e. The first kappa shape index (κ1) is 13.5. The van der Waals surface area contributed by atoms with Crippen molar-refractivity contribution in [2.45, 2.75) is 13.0 Å². The third-order valence-electron chi connectivity index (χ3n) is 2.45. The van der Waals surface area contributed by atoms with Crippen molar-refractivity contribution in [3.63, 3.8) is 0 Å². The minimum absolute atomic E-state index is 0.175. The molecule has 5 nitrogen and oxygen atoms in total. The standard InChI is InChI=1S/C12H18N2O3/c1-8-5-9(3-4-11(8)15)12(16)14-10(6-13)7-17-2/h3-5,10,15H,6-7,13H2,1-2H3,(H,14,16). The maximum absolute atomic E-state index is 11.8. The van der Waals surface area contributed by atoms with E-state index in [1.807, 2.05) is 0 Å². The maximum atomic E-state index is 11.8. The Morgan fingerprint density at radius 3 is 2.82 bits per heavy atom. The first-order chi connectivity index (χ1) is 8.08. The quantitative estimate of drug-likeness (QED) is 0.693.